The van der Waals surface area contributed by atoms with Crippen molar-refractivity contribution in [3.05, 3.63) is 0 Å². The Bertz CT molecular complexity index is 222. The lowest BCUT2D eigenvalue weighted by molar-refractivity contribution is 0.523. The Kier molecular flexibility index (Phi) is 4.38. The molecule has 0 aromatic rings. The van der Waals surface area contributed by atoms with Crippen molar-refractivity contribution < 1.29 is 0 Å². The normalized spacial score (nSPS) is 38.8. The van der Waals surface area contributed by atoms with E-state index in [4.69, 9.17) is 0 Å². The van der Waals surface area contributed by atoms with E-state index in [2.05, 4.69) is 26.9 Å². The summed E-state index contributed by atoms with van der Waals surface area (Å²) in [5.41, 5.74) is 2.32. The highest BCUT2D eigenvalue weighted by Gasteiger charge is 2.44. The highest BCUT2D eigenvalue weighted by molar-refractivity contribution is 6.80. The van der Waals surface area contributed by atoms with E-state index in [1.165, 1.54) is 12.8 Å². The highest BCUT2D eigenvalue weighted by atomic mass is 28.3. The first kappa shape index (κ1) is 13.6. The summed E-state index contributed by atoms with van der Waals surface area (Å²) in [6.45, 7) is 10.2. The van der Waals surface area contributed by atoms with E-state index in [0.29, 0.717) is 0 Å². The molecule has 0 radical (unpaired) electrons. The van der Waals surface area contributed by atoms with Crippen LogP contribution in [-0.4, -0.2) is 8.07 Å². The maximum atomic E-state index is 2.72. The standard InChI is InChI=1S/C16H32Si/c1-5-13-7-9-15(11-13)17(3,4)16-10-8-14(6-2)12-16/h13-16H,5-12H2,1-4H3. The van der Waals surface area contributed by atoms with Gasteiger partial charge in [-0.15, -0.1) is 0 Å². The first-order valence-electron chi connectivity index (χ1n) is 8.07. The van der Waals surface area contributed by atoms with E-state index < -0.39 is 8.07 Å². The van der Waals surface area contributed by atoms with E-state index in [-0.39, 0.29) is 0 Å². The van der Waals surface area contributed by atoms with Gasteiger partial charge in [0.2, 0.25) is 0 Å². The first-order valence-corrected chi connectivity index (χ1v) is 11.2. The minimum Gasteiger partial charge on any atom is -0.0689 e. The molecule has 2 aliphatic carbocycles. The van der Waals surface area contributed by atoms with E-state index >= 15 is 0 Å². The molecule has 100 valence electrons. The molecule has 17 heavy (non-hydrogen) atoms. The molecule has 0 nitrogen and oxygen atoms in total. The van der Waals surface area contributed by atoms with E-state index in [1.54, 1.807) is 38.5 Å². The molecule has 0 aromatic carbocycles. The van der Waals surface area contributed by atoms with Gasteiger partial charge >= 0.3 is 0 Å². The number of hydrogen-bond acceptors (Lipinski definition) is 0. The van der Waals surface area contributed by atoms with Gasteiger partial charge in [0.05, 0.1) is 8.07 Å². The number of rotatable bonds is 4. The summed E-state index contributed by atoms with van der Waals surface area (Å²) < 4.78 is 0. The van der Waals surface area contributed by atoms with E-state index in [1.807, 2.05) is 0 Å². The molecule has 4 atom stereocenters. The van der Waals surface area contributed by atoms with Crippen LogP contribution in [0.5, 0.6) is 0 Å². The Balaban J connectivity index is 1.94. The molecule has 2 aliphatic rings. The average molecular weight is 253 g/mol. The Hall–Kier alpha value is 0.217. The number of hydrogen-bond donors (Lipinski definition) is 0. The van der Waals surface area contributed by atoms with Gasteiger partial charge in [-0.25, -0.2) is 0 Å². The van der Waals surface area contributed by atoms with Gasteiger partial charge in [0, 0.05) is 0 Å². The van der Waals surface area contributed by atoms with E-state index in [0.717, 1.165) is 22.9 Å². The van der Waals surface area contributed by atoms with Crippen LogP contribution in [0.2, 0.25) is 24.2 Å². The highest BCUT2D eigenvalue weighted by Crippen LogP contribution is 2.53. The Morgan fingerprint density at radius 3 is 1.47 bits per heavy atom. The second-order valence-corrected chi connectivity index (χ2v) is 12.7. The molecule has 4 unspecified atom stereocenters. The van der Waals surface area contributed by atoms with Crippen LogP contribution in [0.4, 0.5) is 0 Å². The summed E-state index contributed by atoms with van der Waals surface area (Å²) in [7, 11) is -0.953. The average Bonchev–Trinajstić information content (AvgIpc) is 2.98. The molecule has 2 fully saturated rings. The van der Waals surface area contributed by atoms with Gasteiger partial charge in [0.15, 0.2) is 0 Å². The fourth-order valence-corrected chi connectivity index (χ4v) is 8.95. The molecule has 0 amide bonds. The van der Waals surface area contributed by atoms with Crippen molar-refractivity contribution in [3.63, 3.8) is 0 Å². The summed E-state index contributed by atoms with van der Waals surface area (Å²) in [5.74, 6) is 2.16. The van der Waals surface area contributed by atoms with Crippen molar-refractivity contribution in [1.29, 1.82) is 0 Å². The van der Waals surface area contributed by atoms with Crippen molar-refractivity contribution in [3.8, 4) is 0 Å². The largest absolute Gasteiger partial charge is 0.0689 e. The van der Waals surface area contributed by atoms with E-state index in [9.17, 15) is 0 Å². The van der Waals surface area contributed by atoms with Crippen LogP contribution < -0.4 is 0 Å². The third-order valence-electron chi connectivity index (χ3n) is 6.34. The molecule has 1 heteroatoms. The summed E-state index contributed by atoms with van der Waals surface area (Å²) in [6.07, 6.45) is 12.3. The van der Waals surface area contributed by atoms with Crippen molar-refractivity contribution in [2.24, 2.45) is 11.8 Å². The topological polar surface area (TPSA) is 0 Å². The van der Waals surface area contributed by atoms with Gasteiger partial charge in [-0.2, -0.15) is 0 Å². The van der Waals surface area contributed by atoms with Crippen LogP contribution >= 0.6 is 0 Å². The quantitative estimate of drug-likeness (QED) is 0.550. The Morgan fingerprint density at radius 1 is 0.765 bits per heavy atom. The first-order chi connectivity index (χ1) is 8.07. The van der Waals surface area contributed by atoms with Crippen molar-refractivity contribution >= 4 is 8.07 Å². The summed E-state index contributed by atoms with van der Waals surface area (Å²) >= 11 is 0. The van der Waals surface area contributed by atoms with Crippen LogP contribution in [0, 0.1) is 11.8 Å². The molecule has 0 heterocycles. The summed E-state index contributed by atoms with van der Waals surface area (Å²) in [4.78, 5) is 0. The molecule has 0 N–H and O–H groups in total. The zero-order valence-electron chi connectivity index (χ0n) is 12.5. The van der Waals surface area contributed by atoms with Gasteiger partial charge in [-0.3, -0.25) is 0 Å². The third kappa shape index (κ3) is 2.80. The van der Waals surface area contributed by atoms with Crippen LogP contribution in [0.25, 0.3) is 0 Å². The smallest absolute Gasteiger partial charge is 0.0536 e. The van der Waals surface area contributed by atoms with Crippen LogP contribution in [0.1, 0.15) is 65.2 Å². The fourth-order valence-electron chi connectivity index (χ4n) is 4.58. The molecular weight excluding hydrogens is 220 g/mol. The van der Waals surface area contributed by atoms with Crippen LogP contribution in [0.3, 0.4) is 0 Å². The molecule has 0 saturated heterocycles. The monoisotopic (exact) mass is 252 g/mol. The molecule has 0 bridgehead atoms. The minimum atomic E-state index is -0.953. The summed E-state index contributed by atoms with van der Waals surface area (Å²) in [5, 5.41) is 0. The van der Waals surface area contributed by atoms with Gasteiger partial charge < -0.3 is 0 Å². The lowest BCUT2D eigenvalue weighted by atomic mass is 10.1. The fraction of sp³-hybridized carbons (Fsp3) is 1.00. The van der Waals surface area contributed by atoms with Gasteiger partial charge in [-0.1, -0.05) is 65.5 Å². The second kappa shape index (κ2) is 5.46. The SMILES string of the molecule is CCC1CCC([Si](C)(C)C2CCC(CC)C2)C1. The minimum absolute atomic E-state index is 0.953. The zero-order chi connectivity index (χ0) is 12.5. The predicted molar refractivity (Wildman–Crippen MR) is 80.2 cm³/mol. The van der Waals surface area contributed by atoms with Crippen LogP contribution in [0.15, 0.2) is 0 Å². The van der Waals surface area contributed by atoms with Crippen molar-refractivity contribution in [2.75, 3.05) is 0 Å². The summed E-state index contributed by atoms with van der Waals surface area (Å²) in [6, 6.07) is 0. The van der Waals surface area contributed by atoms with Crippen LogP contribution in [-0.2, 0) is 0 Å². The zero-order valence-corrected chi connectivity index (χ0v) is 13.5. The molecule has 0 spiro atoms. The van der Waals surface area contributed by atoms with Crippen molar-refractivity contribution in [2.45, 2.75) is 89.4 Å². The molecule has 2 saturated carbocycles. The molecule has 2 rings (SSSR count). The lowest BCUT2D eigenvalue weighted by Gasteiger charge is -2.36. The maximum absolute atomic E-state index is 2.72. The predicted octanol–water partition coefficient (Wildman–Crippen LogP) is 5.86. The molecule has 0 aliphatic heterocycles. The van der Waals surface area contributed by atoms with Crippen molar-refractivity contribution in [1.82, 2.24) is 0 Å². The third-order valence-corrected chi connectivity index (χ3v) is 11.6. The maximum Gasteiger partial charge on any atom is 0.0536 e. The lowest BCUT2D eigenvalue weighted by Crippen LogP contribution is -2.36. The van der Waals surface area contributed by atoms with Gasteiger partial charge in [0.1, 0.15) is 0 Å². The Morgan fingerprint density at radius 2 is 1.18 bits per heavy atom. The Labute approximate surface area is 110 Å². The molecular formula is C16H32Si. The van der Waals surface area contributed by atoms with Gasteiger partial charge in [-0.05, 0) is 35.8 Å². The van der Waals surface area contributed by atoms with Gasteiger partial charge in [0.25, 0.3) is 0 Å². The second-order valence-electron chi connectivity index (χ2n) is 7.39. The molecule has 0 aromatic heterocycles.